The third-order valence-corrected chi connectivity index (χ3v) is 6.41. The highest BCUT2D eigenvalue weighted by atomic mass is 35.5. The second-order valence-corrected chi connectivity index (χ2v) is 8.56. The quantitative estimate of drug-likeness (QED) is 0.443. The fraction of sp³-hybridized carbons (Fsp3) is 0.192. The van der Waals surface area contributed by atoms with E-state index in [-0.39, 0.29) is 16.5 Å². The van der Waals surface area contributed by atoms with E-state index in [9.17, 15) is 9.59 Å². The minimum Gasteiger partial charge on any atom is -0.365 e. The second kappa shape index (κ2) is 9.57. The molecule has 1 saturated heterocycles. The molecule has 4 aromatic rings. The largest absolute Gasteiger partial charge is 0.365 e. The lowest BCUT2D eigenvalue weighted by Crippen LogP contribution is -2.49. The third-order valence-electron chi connectivity index (χ3n) is 6.05. The summed E-state index contributed by atoms with van der Waals surface area (Å²) in [5.74, 6) is 0.00398. The molecule has 0 radical (unpaired) electrons. The fourth-order valence-electron chi connectivity index (χ4n) is 4.24. The number of hydrogen-bond acceptors (Lipinski definition) is 4. The normalized spacial score (nSPS) is 13.8. The Bertz CT molecular complexity index is 1340. The van der Waals surface area contributed by atoms with Crippen molar-refractivity contribution in [1.29, 1.82) is 0 Å². The van der Waals surface area contributed by atoms with Crippen molar-refractivity contribution in [2.45, 2.75) is 6.54 Å². The van der Waals surface area contributed by atoms with E-state index in [1.807, 2.05) is 81.2 Å². The molecule has 1 amide bonds. The summed E-state index contributed by atoms with van der Waals surface area (Å²) in [6, 6.07) is 23.0. The number of para-hydroxylation sites is 1. The van der Waals surface area contributed by atoms with Gasteiger partial charge in [-0.2, -0.15) is 9.78 Å². The summed E-state index contributed by atoms with van der Waals surface area (Å²) in [4.78, 5) is 29.9. The average Bonchev–Trinajstić information content (AvgIpc) is 3.34. The molecule has 0 aliphatic carbocycles. The van der Waals surface area contributed by atoms with Crippen molar-refractivity contribution >= 4 is 23.2 Å². The van der Waals surface area contributed by atoms with Crippen LogP contribution in [0.5, 0.6) is 0 Å². The summed E-state index contributed by atoms with van der Waals surface area (Å²) >= 11 is 6.46. The first kappa shape index (κ1) is 22.0. The zero-order valence-corrected chi connectivity index (χ0v) is 19.3. The number of benzene rings is 2. The summed E-state index contributed by atoms with van der Waals surface area (Å²) in [7, 11) is 0. The summed E-state index contributed by atoms with van der Waals surface area (Å²) in [6.45, 7) is 2.86. The zero-order valence-electron chi connectivity index (χ0n) is 18.5. The van der Waals surface area contributed by atoms with Gasteiger partial charge in [-0.05, 0) is 29.8 Å². The van der Waals surface area contributed by atoms with Crippen molar-refractivity contribution in [2.75, 3.05) is 31.1 Å². The minimum absolute atomic E-state index is 0.00398. The number of halogens is 1. The molecule has 0 saturated carbocycles. The van der Waals surface area contributed by atoms with Crippen LogP contribution in [0.2, 0.25) is 5.02 Å². The molecule has 1 fully saturated rings. The molecule has 34 heavy (non-hydrogen) atoms. The number of carbonyl (C=O) groups is 1. The monoisotopic (exact) mass is 473 g/mol. The van der Waals surface area contributed by atoms with Crippen molar-refractivity contribution in [3.63, 3.8) is 0 Å². The van der Waals surface area contributed by atoms with E-state index in [4.69, 9.17) is 11.6 Å². The first-order chi connectivity index (χ1) is 16.6. The fourth-order valence-corrected chi connectivity index (χ4v) is 4.48. The van der Waals surface area contributed by atoms with Crippen LogP contribution in [0.3, 0.4) is 0 Å². The molecule has 0 N–H and O–H groups in total. The van der Waals surface area contributed by atoms with Crippen LogP contribution in [0.15, 0.2) is 90.0 Å². The van der Waals surface area contributed by atoms with Crippen molar-refractivity contribution in [3.8, 4) is 5.69 Å². The van der Waals surface area contributed by atoms with Crippen LogP contribution < -0.4 is 10.5 Å². The molecule has 0 bridgehead atoms. The van der Waals surface area contributed by atoms with E-state index in [2.05, 4.69) is 17.2 Å². The molecule has 2 aromatic heterocycles. The molecule has 0 spiro atoms. The van der Waals surface area contributed by atoms with Crippen molar-refractivity contribution in [3.05, 3.63) is 112 Å². The molecule has 1 aliphatic rings. The average molecular weight is 474 g/mol. The van der Waals surface area contributed by atoms with Crippen LogP contribution in [-0.4, -0.2) is 51.3 Å². The number of aromatic nitrogens is 3. The molecule has 3 heterocycles. The van der Waals surface area contributed by atoms with Crippen LogP contribution in [0.1, 0.15) is 16.1 Å². The Morgan fingerprint density at radius 2 is 1.56 bits per heavy atom. The molecule has 7 nitrogen and oxygen atoms in total. The third kappa shape index (κ3) is 4.34. The summed E-state index contributed by atoms with van der Waals surface area (Å²) in [5, 5.41) is 4.46. The van der Waals surface area contributed by atoms with E-state index in [0.29, 0.717) is 49.8 Å². The Labute approximate surface area is 202 Å². The maximum absolute atomic E-state index is 13.2. The first-order valence-electron chi connectivity index (χ1n) is 11.2. The van der Waals surface area contributed by atoms with Crippen molar-refractivity contribution in [2.24, 2.45) is 0 Å². The van der Waals surface area contributed by atoms with Crippen LogP contribution in [0, 0.1) is 0 Å². The molecular formula is C26H24ClN5O2. The molecule has 5 rings (SSSR count). The summed E-state index contributed by atoms with van der Waals surface area (Å²) < 4.78 is 3.28. The maximum Gasteiger partial charge on any atom is 0.292 e. The molecule has 8 heteroatoms. The van der Waals surface area contributed by atoms with Gasteiger partial charge in [-0.25, -0.2) is 0 Å². The molecule has 0 unspecified atom stereocenters. The minimum atomic E-state index is -0.359. The standard InChI is InChI=1S/C26H24ClN5O2/c27-24-23(18-28-32(26(24)34)21-10-5-2-6-11-21)29-14-16-30(17-15-29)25(33)22-12-7-13-31(22)19-20-8-3-1-4-9-20/h1-13,18H,14-17,19H2. The van der Waals surface area contributed by atoms with Crippen molar-refractivity contribution < 1.29 is 4.79 Å². The van der Waals surface area contributed by atoms with Crippen LogP contribution in [-0.2, 0) is 6.54 Å². The number of rotatable bonds is 5. The highest BCUT2D eigenvalue weighted by Crippen LogP contribution is 2.23. The van der Waals surface area contributed by atoms with Gasteiger partial charge in [0, 0.05) is 38.9 Å². The van der Waals surface area contributed by atoms with Gasteiger partial charge < -0.3 is 14.4 Å². The van der Waals surface area contributed by atoms with Crippen molar-refractivity contribution in [1.82, 2.24) is 19.2 Å². The number of anilines is 1. The van der Waals surface area contributed by atoms with E-state index in [1.165, 1.54) is 4.68 Å². The molecule has 0 atom stereocenters. The van der Waals surface area contributed by atoms with Gasteiger partial charge in [0.2, 0.25) is 0 Å². The van der Waals surface area contributed by atoms with Gasteiger partial charge in [-0.3, -0.25) is 9.59 Å². The molecule has 1 aliphatic heterocycles. The lowest BCUT2D eigenvalue weighted by molar-refractivity contribution is 0.0736. The number of carbonyl (C=O) groups excluding carboxylic acids is 1. The zero-order chi connectivity index (χ0) is 23.5. The van der Waals surface area contributed by atoms with E-state index in [0.717, 1.165) is 5.56 Å². The van der Waals surface area contributed by atoms with Crippen LogP contribution >= 0.6 is 11.6 Å². The predicted molar refractivity (Wildman–Crippen MR) is 133 cm³/mol. The lowest BCUT2D eigenvalue weighted by Gasteiger charge is -2.36. The Hall–Kier alpha value is -3.84. The Morgan fingerprint density at radius 1 is 0.882 bits per heavy atom. The number of piperazine rings is 1. The topological polar surface area (TPSA) is 63.4 Å². The number of hydrogen-bond donors (Lipinski definition) is 0. The van der Waals surface area contributed by atoms with Gasteiger partial charge in [-0.1, -0.05) is 60.1 Å². The van der Waals surface area contributed by atoms with Gasteiger partial charge in [-0.15, -0.1) is 0 Å². The van der Waals surface area contributed by atoms with Gasteiger partial charge in [0.05, 0.1) is 17.6 Å². The van der Waals surface area contributed by atoms with Crippen LogP contribution in [0.4, 0.5) is 5.69 Å². The molecule has 2 aromatic carbocycles. The predicted octanol–water partition coefficient (Wildman–Crippen LogP) is 3.70. The molecule has 172 valence electrons. The molecular weight excluding hydrogens is 450 g/mol. The van der Waals surface area contributed by atoms with E-state index < -0.39 is 0 Å². The Balaban J connectivity index is 1.28. The summed E-state index contributed by atoms with van der Waals surface area (Å²) in [5.41, 5.74) is 2.71. The van der Waals surface area contributed by atoms with Gasteiger partial charge in [0.15, 0.2) is 0 Å². The van der Waals surface area contributed by atoms with Gasteiger partial charge in [0.1, 0.15) is 10.7 Å². The first-order valence-corrected chi connectivity index (χ1v) is 11.6. The SMILES string of the molecule is O=C(c1cccn1Cc1ccccc1)N1CCN(c2cnn(-c3ccccc3)c(=O)c2Cl)CC1. The maximum atomic E-state index is 13.2. The van der Waals surface area contributed by atoms with Gasteiger partial charge >= 0.3 is 0 Å². The highest BCUT2D eigenvalue weighted by Gasteiger charge is 2.26. The summed E-state index contributed by atoms with van der Waals surface area (Å²) in [6.07, 6.45) is 3.56. The van der Waals surface area contributed by atoms with E-state index >= 15 is 0 Å². The van der Waals surface area contributed by atoms with E-state index in [1.54, 1.807) is 6.20 Å². The highest BCUT2D eigenvalue weighted by molar-refractivity contribution is 6.33. The Morgan fingerprint density at radius 3 is 2.26 bits per heavy atom. The van der Waals surface area contributed by atoms with Crippen LogP contribution in [0.25, 0.3) is 5.69 Å². The number of nitrogens with zero attached hydrogens (tertiary/aromatic N) is 5. The number of amides is 1. The second-order valence-electron chi connectivity index (χ2n) is 8.18. The van der Waals surface area contributed by atoms with Gasteiger partial charge in [0.25, 0.3) is 11.5 Å². The smallest absolute Gasteiger partial charge is 0.292 e. The lowest BCUT2D eigenvalue weighted by atomic mass is 10.2. The Kier molecular flexibility index (Phi) is 6.18.